The number of carboxylic acids is 1. The summed E-state index contributed by atoms with van der Waals surface area (Å²) in [6.07, 6.45) is 8.29. The Kier molecular flexibility index (Phi) is 7.00. The highest BCUT2D eigenvalue weighted by molar-refractivity contribution is 7.99. The Labute approximate surface area is 169 Å². The average Bonchev–Trinajstić information content (AvgIpc) is 2.69. The number of hydrogen-bond acceptors (Lipinski definition) is 2. The van der Waals surface area contributed by atoms with E-state index < -0.39 is 17.5 Å². The summed E-state index contributed by atoms with van der Waals surface area (Å²) >= 11 is 0.236. The molecule has 2 aliphatic carbocycles. The van der Waals surface area contributed by atoms with Crippen molar-refractivity contribution in [3.8, 4) is 0 Å². The third kappa shape index (κ3) is 4.52. The molecule has 156 valence electrons. The van der Waals surface area contributed by atoms with Gasteiger partial charge in [-0.2, -0.15) is 8.78 Å². The van der Waals surface area contributed by atoms with Gasteiger partial charge in [-0.25, -0.2) is 4.39 Å². The second-order valence-corrected chi connectivity index (χ2v) is 9.45. The topological polar surface area (TPSA) is 37.3 Å². The van der Waals surface area contributed by atoms with E-state index in [2.05, 4.69) is 6.92 Å². The third-order valence-electron chi connectivity index (χ3n) is 7.16. The zero-order chi connectivity index (χ0) is 20.3. The molecule has 3 rings (SSSR count). The molecule has 0 radical (unpaired) electrons. The highest BCUT2D eigenvalue weighted by atomic mass is 32.2. The molecule has 0 unspecified atom stereocenters. The van der Waals surface area contributed by atoms with Crippen molar-refractivity contribution in [1.29, 1.82) is 0 Å². The summed E-state index contributed by atoms with van der Waals surface area (Å²) in [5.41, 5.74) is 0.631. The number of alkyl halides is 2. The summed E-state index contributed by atoms with van der Waals surface area (Å²) in [4.78, 5) is 11.4. The van der Waals surface area contributed by atoms with Crippen molar-refractivity contribution in [2.75, 3.05) is 0 Å². The van der Waals surface area contributed by atoms with E-state index in [1.165, 1.54) is 18.6 Å². The van der Waals surface area contributed by atoms with Gasteiger partial charge < -0.3 is 5.11 Å². The molecular formula is C22H29F3O2S. The Morgan fingerprint density at radius 1 is 1.18 bits per heavy atom. The summed E-state index contributed by atoms with van der Waals surface area (Å²) < 4.78 is 39.9. The highest BCUT2D eigenvalue weighted by Gasteiger charge is 2.45. The van der Waals surface area contributed by atoms with Crippen molar-refractivity contribution in [2.24, 2.45) is 17.8 Å². The van der Waals surface area contributed by atoms with Gasteiger partial charge in [0.05, 0.1) is 5.92 Å². The monoisotopic (exact) mass is 414 g/mol. The van der Waals surface area contributed by atoms with Crippen molar-refractivity contribution >= 4 is 17.7 Å². The van der Waals surface area contributed by atoms with E-state index in [0.717, 1.165) is 50.0 Å². The summed E-state index contributed by atoms with van der Waals surface area (Å²) in [5, 5.41) is 9.39. The molecule has 28 heavy (non-hydrogen) atoms. The van der Waals surface area contributed by atoms with Crippen LogP contribution in [0.2, 0.25) is 0 Å². The number of halogens is 3. The van der Waals surface area contributed by atoms with Gasteiger partial charge >= 0.3 is 5.97 Å². The van der Waals surface area contributed by atoms with E-state index in [-0.39, 0.29) is 28.0 Å². The molecule has 0 saturated heterocycles. The molecule has 1 N–H and O–H groups in total. The lowest BCUT2D eigenvalue weighted by Gasteiger charge is -2.48. The molecule has 2 nitrogen and oxygen atoms in total. The van der Waals surface area contributed by atoms with Crippen molar-refractivity contribution in [3.05, 3.63) is 29.6 Å². The Morgan fingerprint density at radius 3 is 2.32 bits per heavy atom. The van der Waals surface area contributed by atoms with E-state index in [1.54, 1.807) is 6.07 Å². The number of hydrogen-bond donors (Lipinski definition) is 1. The van der Waals surface area contributed by atoms with Gasteiger partial charge in [-0.3, -0.25) is 4.79 Å². The predicted molar refractivity (Wildman–Crippen MR) is 105 cm³/mol. The Balaban J connectivity index is 1.89. The smallest absolute Gasteiger partial charge is 0.306 e. The lowest BCUT2D eigenvalue weighted by molar-refractivity contribution is -0.143. The molecular weight excluding hydrogens is 385 g/mol. The second kappa shape index (κ2) is 9.10. The van der Waals surface area contributed by atoms with Crippen LogP contribution in [-0.2, 0) is 10.2 Å². The molecule has 0 aromatic heterocycles. The van der Waals surface area contributed by atoms with Crippen LogP contribution in [0.15, 0.2) is 23.1 Å². The van der Waals surface area contributed by atoms with Crippen LogP contribution in [0, 0.1) is 23.6 Å². The maximum Gasteiger partial charge on any atom is 0.306 e. The lowest BCUT2D eigenvalue weighted by Crippen LogP contribution is -2.42. The van der Waals surface area contributed by atoms with Crippen molar-refractivity contribution in [3.63, 3.8) is 0 Å². The zero-order valence-corrected chi connectivity index (χ0v) is 17.1. The molecule has 0 heterocycles. The number of carbonyl (C=O) groups is 1. The van der Waals surface area contributed by atoms with E-state index in [4.69, 9.17) is 0 Å². The molecule has 1 aromatic rings. The van der Waals surface area contributed by atoms with E-state index in [9.17, 15) is 23.1 Å². The summed E-state index contributed by atoms with van der Waals surface area (Å²) in [6, 6.07) is 4.72. The Hall–Kier alpha value is -1.17. The van der Waals surface area contributed by atoms with Crippen molar-refractivity contribution in [2.45, 2.75) is 80.8 Å². The number of aliphatic carboxylic acids is 1. The van der Waals surface area contributed by atoms with Gasteiger partial charge in [-0.15, -0.1) is 0 Å². The minimum Gasteiger partial charge on any atom is -0.481 e. The summed E-state index contributed by atoms with van der Waals surface area (Å²) in [7, 11) is 0. The van der Waals surface area contributed by atoms with Crippen LogP contribution in [0.25, 0.3) is 0 Å². The number of benzene rings is 1. The van der Waals surface area contributed by atoms with Crippen LogP contribution in [0.1, 0.15) is 70.3 Å². The lowest BCUT2D eigenvalue weighted by atomic mass is 9.56. The fourth-order valence-electron chi connectivity index (χ4n) is 5.44. The average molecular weight is 415 g/mol. The van der Waals surface area contributed by atoms with Crippen molar-refractivity contribution in [1.82, 2.24) is 0 Å². The predicted octanol–water partition coefficient (Wildman–Crippen LogP) is 6.87. The maximum absolute atomic E-state index is 14.6. The van der Waals surface area contributed by atoms with Gasteiger partial charge in [0, 0.05) is 4.90 Å². The molecule has 0 amide bonds. The SMILES string of the molecule is CCC1CCC(C2(c3ccc(SC(F)F)c(F)c3)CCC(C(=O)O)CC2)CC1. The van der Waals surface area contributed by atoms with Gasteiger partial charge in [0.2, 0.25) is 0 Å². The van der Waals surface area contributed by atoms with Gasteiger partial charge in [-0.1, -0.05) is 44.0 Å². The quantitative estimate of drug-likeness (QED) is 0.516. The maximum atomic E-state index is 14.6. The van der Waals surface area contributed by atoms with Crippen LogP contribution >= 0.6 is 11.8 Å². The van der Waals surface area contributed by atoms with Crippen LogP contribution in [-0.4, -0.2) is 16.8 Å². The second-order valence-electron chi connectivity index (χ2n) is 8.42. The van der Waals surface area contributed by atoms with Gasteiger partial charge in [0.15, 0.2) is 0 Å². The van der Waals surface area contributed by atoms with Crippen LogP contribution in [0.4, 0.5) is 13.2 Å². The first kappa shape index (κ1) is 21.5. The number of thioether (sulfide) groups is 1. The first-order valence-electron chi connectivity index (χ1n) is 10.3. The largest absolute Gasteiger partial charge is 0.481 e. The van der Waals surface area contributed by atoms with E-state index in [0.29, 0.717) is 18.8 Å². The zero-order valence-electron chi connectivity index (χ0n) is 16.3. The fourth-order valence-corrected chi connectivity index (χ4v) is 5.95. The minimum absolute atomic E-state index is 0.0252. The molecule has 0 aliphatic heterocycles. The Morgan fingerprint density at radius 2 is 1.82 bits per heavy atom. The van der Waals surface area contributed by atoms with Gasteiger partial charge in [0.25, 0.3) is 5.76 Å². The molecule has 2 saturated carbocycles. The van der Waals surface area contributed by atoms with Gasteiger partial charge in [-0.05, 0) is 73.5 Å². The molecule has 0 atom stereocenters. The van der Waals surface area contributed by atoms with Crippen LogP contribution in [0.5, 0.6) is 0 Å². The van der Waals surface area contributed by atoms with Crippen LogP contribution < -0.4 is 0 Å². The number of carboxylic acid groups (broad SMARTS) is 1. The Bertz CT molecular complexity index is 678. The summed E-state index contributed by atoms with van der Waals surface area (Å²) in [5.74, 6) is -3.19. The summed E-state index contributed by atoms with van der Waals surface area (Å²) in [6.45, 7) is 2.22. The first-order chi connectivity index (χ1) is 13.4. The molecule has 0 spiro atoms. The standard InChI is InChI=1S/C22H29F3O2S/c1-2-14-3-5-16(6-4-14)22(11-9-15(10-12-22)20(26)27)17-7-8-19(18(23)13-17)28-21(24)25/h7-8,13-16,21H,2-6,9-12H2,1H3,(H,26,27). The number of rotatable bonds is 6. The molecule has 2 fully saturated rings. The molecule has 1 aromatic carbocycles. The molecule has 2 aliphatic rings. The molecule has 6 heteroatoms. The fraction of sp³-hybridized carbons (Fsp3) is 0.682. The first-order valence-corrected chi connectivity index (χ1v) is 11.2. The van der Waals surface area contributed by atoms with Crippen LogP contribution in [0.3, 0.4) is 0 Å². The van der Waals surface area contributed by atoms with Gasteiger partial charge in [0.1, 0.15) is 5.82 Å². The molecule has 0 bridgehead atoms. The van der Waals surface area contributed by atoms with Crippen molar-refractivity contribution < 1.29 is 23.1 Å². The normalized spacial score (nSPS) is 31.1. The highest BCUT2D eigenvalue weighted by Crippen LogP contribution is 2.52. The van der Waals surface area contributed by atoms with E-state index in [1.807, 2.05) is 0 Å². The van der Waals surface area contributed by atoms with E-state index >= 15 is 0 Å². The minimum atomic E-state index is -2.65. The third-order valence-corrected chi connectivity index (χ3v) is 7.92.